The summed E-state index contributed by atoms with van der Waals surface area (Å²) in [6, 6.07) is 5.77. The predicted molar refractivity (Wildman–Crippen MR) is 165 cm³/mol. The molecular weight excluding hydrogens is 592 g/mol. The van der Waals surface area contributed by atoms with E-state index in [1.165, 1.54) is 23.1 Å². The minimum absolute atomic E-state index is 0.0112. The fourth-order valence-corrected chi connectivity index (χ4v) is 6.45. The highest BCUT2D eigenvalue weighted by atomic mass is 35.5. The van der Waals surface area contributed by atoms with Crippen LogP contribution in [0.1, 0.15) is 31.0 Å². The Hall–Kier alpha value is -4.77. The summed E-state index contributed by atoms with van der Waals surface area (Å²) >= 11 is 6.68. The number of anilines is 2. The lowest BCUT2D eigenvalue weighted by Crippen LogP contribution is -2.61. The number of aryl methyl sites for hydroxylation is 1. The van der Waals surface area contributed by atoms with Crippen molar-refractivity contribution in [2.24, 2.45) is 0 Å². The number of hydrogen-bond acceptors (Lipinski definition) is 6. The van der Waals surface area contributed by atoms with Crippen LogP contribution in [0.4, 0.5) is 20.2 Å². The summed E-state index contributed by atoms with van der Waals surface area (Å²) in [6.45, 7) is 9.41. The van der Waals surface area contributed by atoms with Crippen molar-refractivity contribution in [1.82, 2.24) is 14.5 Å². The number of aromatic hydroxyl groups is 1. The van der Waals surface area contributed by atoms with Gasteiger partial charge in [-0.05, 0) is 48.7 Å². The number of fused-ring (bicyclic) bond motifs is 5. The third-order valence-electron chi connectivity index (χ3n) is 8.20. The zero-order valence-electron chi connectivity index (χ0n) is 24.1. The summed E-state index contributed by atoms with van der Waals surface area (Å²) in [7, 11) is 0. The van der Waals surface area contributed by atoms with E-state index in [0.717, 1.165) is 16.7 Å². The van der Waals surface area contributed by atoms with Crippen LogP contribution in [0.2, 0.25) is 5.02 Å². The molecule has 1 atom stereocenters. The van der Waals surface area contributed by atoms with Gasteiger partial charge in [0.25, 0.3) is 5.56 Å². The Morgan fingerprint density at radius 3 is 2.61 bits per heavy atom. The summed E-state index contributed by atoms with van der Waals surface area (Å²) < 4.78 is 33.4. The standard InChI is InChI=1S/C32H28ClF2N5O4/c1-5-22(42)38-11-12-39-20(14-38)31(43)37-27-30(39)17-13-18(33)23(24-19(34)7-6-8-21(24)41)25(35)29(17)40(32(27)44)28-16(4)9-10-36-26(28)15(2)3/h5-10,13,15,20,41H,1,11-12,14H2,2-4H3,(H,37,43)/t20-/m1/s1. The molecule has 0 radical (unpaired) electrons. The van der Waals surface area contributed by atoms with Gasteiger partial charge < -0.3 is 20.2 Å². The van der Waals surface area contributed by atoms with Crippen molar-refractivity contribution < 1.29 is 23.5 Å². The number of aromatic nitrogens is 2. The number of amides is 2. The van der Waals surface area contributed by atoms with Gasteiger partial charge in [-0.15, -0.1) is 0 Å². The summed E-state index contributed by atoms with van der Waals surface area (Å²) in [5, 5.41) is 13.3. The number of piperazine rings is 1. The van der Waals surface area contributed by atoms with Gasteiger partial charge in [0, 0.05) is 30.2 Å². The third-order valence-corrected chi connectivity index (χ3v) is 8.49. The van der Waals surface area contributed by atoms with Crippen LogP contribution >= 0.6 is 11.6 Å². The van der Waals surface area contributed by atoms with Crippen molar-refractivity contribution in [2.75, 3.05) is 29.9 Å². The largest absolute Gasteiger partial charge is 0.507 e. The third kappa shape index (κ3) is 4.33. The van der Waals surface area contributed by atoms with Gasteiger partial charge in [-0.2, -0.15) is 0 Å². The second kappa shape index (κ2) is 10.7. The average Bonchev–Trinajstić information content (AvgIpc) is 2.99. The fraction of sp³-hybridized carbons (Fsp3) is 0.250. The molecule has 0 unspecified atom stereocenters. The molecule has 0 aliphatic carbocycles. The number of hydrogen-bond donors (Lipinski definition) is 2. The van der Waals surface area contributed by atoms with Gasteiger partial charge >= 0.3 is 0 Å². The Bertz CT molecular complexity index is 1960. The summed E-state index contributed by atoms with van der Waals surface area (Å²) in [4.78, 5) is 47.9. The van der Waals surface area contributed by atoms with Crippen LogP contribution < -0.4 is 15.8 Å². The number of rotatable bonds is 4. The molecule has 2 amide bonds. The molecule has 4 aromatic rings. The van der Waals surface area contributed by atoms with Crippen LogP contribution in [0.5, 0.6) is 5.75 Å². The van der Waals surface area contributed by atoms with Crippen LogP contribution in [0, 0.1) is 18.6 Å². The lowest BCUT2D eigenvalue weighted by molar-refractivity contribution is -0.128. The molecule has 0 saturated carbocycles. The molecule has 1 saturated heterocycles. The van der Waals surface area contributed by atoms with Crippen LogP contribution in [0.3, 0.4) is 0 Å². The highest BCUT2D eigenvalue weighted by Crippen LogP contribution is 2.46. The number of carbonyl (C=O) groups is 2. The van der Waals surface area contributed by atoms with E-state index in [-0.39, 0.29) is 58.8 Å². The zero-order valence-corrected chi connectivity index (χ0v) is 24.9. The number of pyridine rings is 2. The number of nitrogens with one attached hydrogen (secondary N) is 1. The molecular formula is C32H28ClF2N5O4. The smallest absolute Gasteiger partial charge is 0.281 e. The van der Waals surface area contributed by atoms with Crippen LogP contribution in [0.25, 0.3) is 27.7 Å². The Labute approximate surface area is 256 Å². The SMILES string of the molecule is C=CC(=O)N1CCN2c3c(c(=O)n(-c4c(C)ccnc4C(C)C)c4c(F)c(-c5c(O)cccc5F)c(Cl)cc34)NC(=O)[C@H]2C1. The maximum Gasteiger partial charge on any atom is 0.281 e. The van der Waals surface area contributed by atoms with Crippen LogP contribution in [-0.4, -0.2) is 57.0 Å². The molecule has 1 fully saturated rings. The van der Waals surface area contributed by atoms with E-state index < -0.39 is 46.0 Å². The van der Waals surface area contributed by atoms with Gasteiger partial charge in [-0.25, -0.2) is 8.78 Å². The topological polar surface area (TPSA) is 108 Å². The number of phenolic OH excluding ortho intramolecular Hbond substituents is 1. The first kappa shape index (κ1) is 29.3. The lowest BCUT2D eigenvalue weighted by Gasteiger charge is -2.45. The van der Waals surface area contributed by atoms with Crippen molar-refractivity contribution in [2.45, 2.75) is 32.7 Å². The Morgan fingerprint density at radius 2 is 1.93 bits per heavy atom. The second-order valence-electron chi connectivity index (χ2n) is 11.1. The molecule has 2 aliphatic heterocycles. The van der Waals surface area contributed by atoms with E-state index >= 15 is 8.78 Å². The van der Waals surface area contributed by atoms with E-state index in [2.05, 4.69) is 16.9 Å². The molecule has 9 nitrogen and oxygen atoms in total. The molecule has 2 aromatic carbocycles. The van der Waals surface area contributed by atoms with Crippen molar-refractivity contribution in [3.05, 3.63) is 87.5 Å². The van der Waals surface area contributed by atoms with Gasteiger partial charge in [0.1, 0.15) is 23.3 Å². The highest BCUT2D eigenvalue weighted by molar-refractivity contribution is 6.35. The van der Waals surface area contributed by atoms with Crippen molar-refractivity contribution in [1.29, 1.82) is 0 Å². The summed E-state index contributed by atoms with van der Waals surface area (Å²) in [6.07, 6.45) is 2.75. The quantitative estimate of drug-likeness (QED) is 0.301. The van der Waals surface area contributed by atoms with Gasteiger partial charge in [0.2, 0.25) is 11.8 Å². The van der Waals surface area contributed by atoms with Crippen LogP contribution in [0.15, 0.2) is 54.0 Å². The average molecular weight is 620 g/mol. The van der Waals surface area contributed by atoms with Crippen molar-refractivity contribution in [3.8, 4) is 22.6 Å². The van der Waals surface area contributed by atoms with Gasteiger partial charge in [0.15, 0.2) is 5.82 Å². The molecule has 44 heavy (non-hydrogen) atoms. The number of phenols is 1. The number of halogens is 3. The summed E-state index contributed by atoms with van der Waals surface area (Å²) in [5.41, 5.74) is -0.283. The monoisotopic (exact) mass is 619 g/mol. The van der Waals surface area contributed by atoms with E-state index in [1.54, 1.807) is 24.1 Å². The van der Waals surface area contributed by atoms with Crippen LogP contribution in [-0.2, 0) is 9.59 Å². The fourth-order valence-electron chi connectivity index (χ4n) is 6.17. The minimum atomic E-state index is -1.04. The van der Waals surface area contributed by atoms with Gasteiger partial charge in [-0.1, -0.05) is 38.1 Å². The normalized spacial score (nSPS) is 16.2. The molecule has 0 spiro atoms. The van der Waals surface area contributed by atoms with E-state index in [4.69, 9.17) is 11.6 Å². The van der Waals surface area contributed by atoms with E-state index in [1.807, 2.05) is 13.8 Å². The molecule has 2 aromatic heterocycles. The Balaban J connectivity index is 1.76. The zero-order chi connectivity index (χ0) is 31.6. The Kier molecular flexibility index (Phi) is 7.16. The molecule has 12 heteroatoms. The second-order valence-corrected chi connectivity index (χ2v) is 11.6. The lowest BCUT2D eigenvalue weighted by atomic mass is 9.96. The predicted octanol–water partition coefficient (Wildman–Crippen LogP) is 5.28. The number of benzene rings is 2. The Morgan fingerprint density at radius 1 is 1.18 bits per heavy atom. The molecule has 6 rings (SSSR count). The maximum absolute atomic E-state index is 17.1. The minimum Gasteiger partial charge on any atom is -0.507 e. The molecule has 226 valence electrons. The van der Waals surface area contributed by atoms with E-state index in [9.17, 15) is 19.5 Å². The van der Waals surface area contributed by atoms with Gasteiger partial charge in [-0.3, -0.25) is 23.9 Å². The molecule has 2 aliphatic rings. The number of nitrogens with zero attached hydrogens (tertiary/aromatic N) is 4. The first-order valence-electron chi connectivity index (χ1n) is 14.0. The van der Waals surface area contributed by atoms with Gasteiger partial charge in [0.05, 0.1) is 39.7 Å². The maximum atomic E-state index is 17.1. The molecule has 0 bridgehead atoms. The summed E-state index contributed by atoms with van der Waals surface area (Å²) in [5.74, 6) is -3.53. The van der Waals surface area contributed by atoms with Crippen molar-refractivity contribution in [3.63, 3.8) is 0 Å². The molecule has 2 N–H and O–H groups in total. The van der Waals surface area contributed by atoms with Crippen molar-refractivity contribution >= 4 is 45.7 Å². The first-order chi connectivity index (χ1) is 21.0. The molecule has 4 heterocycles. The van der Waals surface area contributed by atoms with E-state index in [0.29, 0.717) is 16.9 Å². The first-order valence-corrected chi connectivity index (χ1v) is 14.4. The highest BCUT2D eigenvalue weighted by Gasteiger charge is 2.42. The number of carbonyl (C=O) groups excluding carboxylic acids is 2.